The van der Waals surface area contributed by atoms with Gasteiger partial charge in [0.05, 0.1) is 6.04 Å². The van der Waals surface area contributed by atoms with Crippen molar-refractivity contribution in [2.45, 2.75) is 26.3 Å². The summed E-state index contributed by atoms with van der Waals surface area (Å²) in [5, 5.41) is 3.00. The summed E-state index contributed by atoms with van der Waals surface area (Å²) in [4.78, 5) is 16.7. The zero-order valence-electron chi connectivity index (χ0n) is 12.8. The van der Waals surface area contributed by atoms with Crippen LogP contribution in [-0.4, -0.2) is 15.3 Å². The van der Waals surface area contributed by atoms with Crippen molar-refractivity contribution >= 4 is 11.6 Å². The molecule has 0 aliphatic heterocycles. The first kappa shape index (κ1) is 14.3. The summed E-state index contributed by atoms with van der Waals surface area (Å²) in [7, 11) is 0. The summed E-state index contributed by atoms with van der Waals surface area (Å²) in [6, 6.07) is 14.0. The van der Waals surface area contributed by atoms with Crippen LogP contribution >= 0.6 is 0 Å². The molecule has 4 nitrogen and oxygen atoms in total. The summed E-state index contributed by atoms with van der Waals surface area (Å²) in [6.45, 7) is 4.11. The van der Waals surface area contributed by atoms with Crippen LogP contribution in [0.3, 0.4) is 0 Å². The lowest BCUT2D eigenvalue weighted by Gasteiger charge is -2.13. The van der Waals surface area contributed by atoms with Crippen molar-refractivity contribution in [3.8, 4) is 0 Å². The van der Waals surface area contributed by atoms with E-state index in [9.17, 15) is 4.79 Å². The second-order valence-electron chi connectivity index (χ2n) is 5.38. The lowest BCUT2D eigenvalue weighted by molar-refractivity contribution is 0.0935. The number of nitrogens with one attached hydrogen (secondary N) is 1. The molecule has 22 heavy (non-hydrogen) atoms. The van der Waals surface area contributed by atoms with E-state index in [4.69, 9.17) is 0 Å². The maximum Gasteiger partial charge on any atom is 0.271 e. The van der Waals surface area contributed by atoms with Gasteiger partial charge in [0, 0.05) is 12.4 Å². The fourth-order valence-electron chi connectivity index (χ4n) is 2.44. The van der Waals surface area contributed by atoms with E-state index < -0.39 is 0 Å². The third kappa shape index (κ3) is 2.86. The Morgan fingerprint density at radius 2 is 2.00 bits per heavy atom. The third-order valence-corrected chi connectivity index (χ3v) is 3.83. The number of imidazole rings is 1. The third-order valence-electron chi connectivity index (χ3n) is 3.83. The molecule has 112 valence electrons. The first-order valence-corrected chi connectivity index (χ1v) is 7.51. The van der Waals surface area contributed by atoms with Gasteiger partial charge >= 0.3 is 0 Å². The molecule has 3 rings (SSSR count). The molecule has 0 aliphatic rings. The number of fused-ring (bicyclic) bond motifs is 1. The quantitative estimate of drug-likeness (QED) is 0.801. The molecule has 1 N–H and O–H groups in total. The number of benzene rings is 1. The largest absolute Gasteiger partial charge is 0.344 e. The summed E-state index contributed by atoms with van der Waals surface area (Å²) in [5.74, 6) is -0.157. The maximum absolute atomic E-state index is 12.3. The molecule has 1 atom stereocenters. The minimum absolute atomic E-state index is 0.0526. The molecule has 0 saturated heterocycles. The van der Waals surface area contributed by atoms with Crippen LogP contribution in [0.25, 0.3) is 5.65 Å². The van der Waals surface area contributed by atoms with Crippen LogP contribution in [0, 0.1) is 0 Å². The molecule has 1 amide bonds. The Morgan fingerprint density at radius 1 is 1.23 bits per heavy atom. The highest BCUT2D eigenvalue weighted by molar-refractivity contribution is 5.93. The number of amides is 1. The lowest BCUT2D eigenvalue weighted by Crippen LogP contribution is -2.26. The predicted molar refractivity (Wildman–Crippen MR) is 86.9 cm³/mol. The lowest BCUT2D eigenvalue weighted by atomic mass is 10.0. The number of aromatic nitrogens is 2. The zero-order chi connectivity index (χ0) is 15.5. The van der Waals surface area contributed by atoms with E-state index in [1.165, 1.54) is 5.56 Å². The van der Waals surface area contributed by atoms with Crippen LogP contribution < -0.4 is 5.32 Å². The molecule has 4 heteroatoms. The van der Waals surface area contributed by atoms with Crippen molar-refractivity contribution in [1.82, 2.24) is 14.7 Å². The molecule has 2 aromatic heterocycles. The SMILES string of the molecule is CCc1ccc([C@@H](C)NC(=O)c2cn3ccccc3n2)cc1. The fourth-order valence-corrected chi connectivity index (χ4v) is 2.44. The van der Waals surface area contributed by atoms with Gasteiger partial charge in [0.15, 0.2) is 0 Å². The van der Waals surface area contributed by atoms with Crippen molar-refractivity contribution in [1.29, 1.82) is 0 Å². The summed E-state index contributed by atoms with van der Waals surface area (Å²) >= 11 is 0. The Kier molecular flexibility index (Phi) is 3.92. The van der Waals surface area contributed by atoms with E-state index >= 15 is 0 Å². The van der Waals surface area contributed by atoms with Gasteiger partial charge in [0.1, 0.15) is 11.3 Å². The van der Waals surface area contributed by atoms with Crippen molar-refractivity contribution in [2.24, 2.45) is 0 Å². The highest BCUT2D eigenvalue weighted by atomic mass is 16.1. The van der Waals surface area contributed by atoms with E-state index in [1.54, 1.807) is 6.20 Å². The second-order valence-corrected chi connectivity index (χ2v) is 5.38. The Morgan fingerprint density at radius 3 is 2.68 bits per heavy atom. The first-order valence-electron chi connectivity index (χ1n) is 7.51. The molecule has 3 aromatic rings. The number of rotatable bonds is 4. The van der Waals surface area contributed by atoms with Crippen molar-refractivity contribution in [2.75, 3.05) is 0 Å². The van der Waals surface area contributed by atoms with Gasteiger partial charge in [-0.05, 0) is 36.6 Å². The highest BCUT2D eigenvalue weighted by Crippen LogP contribution is 2.15. The van der Waals surface area contributed by atoms with Crippen LogP contribution in [0.15, 0.2) is 54.9 Å². The predicted octanol–water partition coefficient (Wildman–Crippen LogP) is 3.39. The van der Waals surface area contributed by atoms with E-state index in [0.29, 0.717) is 5.69 Å². The van der Waals surface area contributed by atoms with Crippen LogP contribution in [0.1, 0.15) is 41.5 Å². The average molecular weight is 293 g/mol. The van der Waals surface area contributed by atoms with Gasteiger partial charge in [-0.1, -0.05) is 37.3 Å². The number of aryl methyl sites for hydroxylation is 1. The molecule has 0 aliphatic carbocycles. The van der Waals surface area contributed by atoms with Gasteiger partial charge in [0.25, 0.3) is 5.91 Å². The highest BCUT2D eigenvalue weighted by Gasteiger charge is 2.14. The van der Waals surface area contributed by atoms with Crippen molar-refractivity contribution in [3.63, 3.8) is 0 Å². The second kappa shape index (κ2) is 6.02. The summed E-state index contributed by atoms with van der Waals surface area (Å²) < 4.78 is 1.84. The zero-order valence-corrected chi connectivity index (χ0v) is 12.8. The van der Waals surface area contributed by atoms with Gasteiger partial charge < -0.3 is 9.72 Å². The molecule has 0 bridgehead atoms. The Labute approximate surface area is 129 Å². The number of pyridine rings is 1. The van der Waals surface area contributed by atoms with Crippen LogP contribution in [-0.2, 0) is 6.42 Å². The van der Waals surface area contributed by atoms with Gasteiger partial charge in [-0.15, -0.1) is 0 Å². The van der Waals surface area contributed by atoms with Crippen LogP contribution in [0.5, 0.6) is 0 Å². The molecule has 0 radical (unpaired) electrons. The Hall–Kier alpha value is -2.62. The van der Waals surface area contributed by atoms with Gasteiger partial charge in [0.2, 0.25) is 0 Å². The molecule has 0 saturated carbocycles. The minimum Gasteiger partial charge on any atom is -0.344 e. The fraction of sp³-hybridized carbons (Fsp3) is 0.222. The molecule has 0 unspecified atom stereocenters. The molecular weight excluding hydrogens is 274 g/mol. The average Bonchev–Trinajstić information content (AvgIpc) is 2.99. The minimum atomic E-state index is -0.157. The van der Waals surface area contributed by atoms with E-state index in [2.05, 4.69) is 41.5 Å². The monoisotopic (exact) mass is 293 g/mol. The first-order chi connectivity index (χ1) is 10.7. The van der Waals surface area contributed by atoms with E-state index in [0.717, 1.165) is 17.6 Å². The Balaban J connectivity index is 1.74. The maximum atomic E-state index is 12.3. The standard InChI is InChI=1S/C18H19N3O/c1-3-14-7-9-15(10-8-14)13(2)19-18(22)16-12-21-11-5-4-6-17(21)20-16/h4-13H,3H2,1-2H3,(H,19,22)/t13-/m1/s1. The van der Waals surface area contributed by atoms with Crippen molar-refractivity contribution in [3.05, 3.63) is 71.7 Å². The molecule has 1 aromatic carbocycles. The normalized spacial score (nSPS) is 12.3. The summed E-state index contributed by atoms with van der Waals surface area (Å²) in [6.07, 6.45) is 4.64. The smallest absolute Gasteiger partial charge is 0.271 e. The van der Waals surface area contributed by atoms with Gasteiger partial charge in [-0.2, -0.15) is 0 Å². The number of carbonyl (C=O) groups excluding carboxylic acids is 1. The van der Waals surface area contributed by atoms with E-state index in [-0.39, 0.29) is 11.9 Å². The molecule has 0 spiro atoms. The van der Waals surface area contributed by atoms with Crippen LogP contribution in [0.2, 0.25) is 0 Å². The molecular formula is C18H19N3O. The molecule has 0 fully saturated rings. The van der Waals surface area contributed by atoms with Crippen molar-refractivity contribution < 1.29 is 4.79 Å². The topological polar surface area (TPSA) is 46.4 Å². The number of carbonyl (C=O) groups is 1. The number of hydrogen-bond acceptors (Lipinski definition) is 2. The van der Waals surface area contributed by atoms with E-state index in [1.807, 2.05) is 35.7 Å². The van der Waals surface area contributed by atoms with Gasteiger partial charge in [-0.3, -0.25) is 4.79 Å². The van der Waals surface area contributed by atoms with Gasteiger partial charge in [-0.25, -0.2) is 4.98 Å². The molecule has 2 heterocycles. The summed E-state index contributed by atoms with van der Waals surface area (Å²) in [5.41, 5.74) is 3.59. The number of hydrogen-bond donors (Lipinski definition) is 1. The van der Waals surface area contributed by atoms with Crippen LogP contribution in [0.4, 0.5) is 0 Å². The Bertz CT molecular complexity index is 756. The number of nitrogens with zero attached hydrogens (tertiary/aromatic N) is 2.